The van der Waals surface area contributed by atoms with Crippen molar-refractivity contribution in [2.45, 2.75) is 37.4 Å². The van der Waals surface area contributed by atoms with Gasteiger partial charge in [0.1, 0.15) is 23.7 Å². The van der Waals surface area contributed by atoms with Gasteiger partial charge in [0.25, 0.3) is 0 Å². The summed E-state index contributed by atoms with van der Waals surface area (Å²) in [6.07, 6.45) is -3.41. The van der Waals surface area contributed by atoms with E-state index in [-0.39, 0.29) is 22.2 Å². The average molecular weight is 496 g/mol. The fraction of sp³-hybridized carbons (Fsp3) is 0.273. The maximum absolute atomic E-state index is 13.4. The van der Waals surface area contributed by atoms with E-state index in [9.17, 15) is 21.6 Å². The number of nitrogens with one attached hydrogen (secondary N) is 3. The minimum absolute atomic E-state index is 0.0198. The highest BCUT2D eigenvalue weighted by molar-refractivity contribution is 7.89. The number of anilines is 4. The van der Waals surface area contributed by atoms with E-state index >= 15 is 0 Å². The van der Waals surface area contributed by atoms with Gasteiger partial charge in [0.15, 0.2) is 5.60 Å². The van der Waals surface area contributed by atoms with Crippen molar-refractivity contribution < 1.29 is 26.3 Å². The van der Waals surface area contributed by atoms with Crippen LogP contribution in [-0.4, -0.2) is 37.2 Å². The van der Waals surface area contributed by atoms with E-state index in [1.807, 2.05) is 31.2 Å². The topological polar surface area (TPSA) is 105 Å². The van der Waals surface area contributed by atoms with Crippen LogP contribution in [0.25, 0.3) is 0 Å². The summed E-state index contributed by atoms with van der Waals surface area (Å²) in [7, 11) is -2.64. The number of nitrogens with zero attached hydrogens (tertiary/aromatic N) is 2. The Balaban J connectivity index is 1.96. The first-order chi connectivity index (χ1) is 15.8. The predicted octanol–water partition coefficient (Wildman–Crippen LogP) is 4.90. The van der Waals surface area contributed by atoms with Gasteiger partial charge in [-0.2, -0.15) is 13.2 Å². The molecule has 0 fully saturated rings. The fourth-order valence-corrected chi connectivity index (χ4v) is 3.49. The first-order valence-corrected chi connectivity index (χ1v) is 11.6. The Kier molecular flexibility index (Phi) is 7.03. The van der Waals surface area contributed by atoms with Crippen LogP contribution in [-0.2, 0) is 10.0 Å². The number of sulfonamides is 1. The van der Waals surface area contributed by atoms with Crippen LogP contribution in [0.15, 0.2) is 59.8 Å². The fourth-order valence-electron chi connectivity index (χ4n) is 2.73. The highest BCUT2D eigenvalue weighted by atomic mass is 32.2. The van der Waals surface area contributed by atoms with Crippen molar-refractivity contribution in [2.24, 2.45) is 0 Å². The summed E-state index contributed by atoms with van der Waals surface area (Å²) < 4.78 is 72.1. The van der Waals surface area contributed by atoms with Gasteiger partial charge in [-0.1, -0.05) is 17.7 Å². The molecular weight excluding hydrogens is 471 g/mol. The first-order valence-electron chi connectivity index (χ1n) is 10.1. The number of aryl methyl sites for hydroxylation is 1. The normalized spacial score (nSPS) is 12.3. The van der Waals surface area contributed by atoms with E-state index in [0.29, 0.717) is 5.82 Å². The molecule has 0 radical (unpaired) electrons. The van der Waals surface area contributed by atoms with E-state index < -0.39 is 21.8 Å². The van der Waals surface area contributed by atoms with Gasteiger partial charge in [-0.15, -0.1) is 0 Å². The molecule has 2 aromatic carbocycles. The van der Waals surface area contributed by atoms with Crippen LogP contribution >= 0.6 is 0 Å². The zero-order valence-corrected chi connectivity index (χ0v) is 19.7. The third kappa shape index (κ3) is 5.94. The molecule has 1 heterocycles. The summed E-state index contributed by atoms with van der Waals surface area (Å²) in [6, 6.07) is 12.6. The van der Waals surface area contributed by atoms with Crippen LogP contribution in [0.3, 0.4) is 0 Å². The molecule has 3 aromatic rings. The molecule has 0 aliphatic rings. The minimum Gasteiger partial charge on any atom is -0.476 e. The van der Waals surface area contributed by atoms with E-state index in [1.165, 1.54) is 25.5 Å². The molecule has 182 valence electrons. The largest absolute Gasteiger partial charge is 0.476 e. The lowest BCUT2D eigenvalue weighted by molar-refractivity contribution is -0.234. The van der Waals surface area contributed by atoms with Crippen molar-refractivity contribution in [1.82, 2.24) is 14.7 Å². The second kappa shape index (κ2) is 9.47. The minimum atomic E-state index is -4.67. The predicted molar refractivity (Wildman–Crippen MR) is 123 cm³/mol. The lowest BCUT2D eigenvalue weighted by Gasteiger charge is -2.30. The standard InChI is InChI=1S/C22H24F3N5O3S/c1-14-5-7-15(8-6-14)29-19-12-20(28-13-27-19)30-17-11-16(34(31,32)26-4)9-10-18(17)33-21(2,3)22(23,24)25/h5-13,26H,1-4H3,(H2,27,28,29,30). The lowest BCUT2D eigenvalue weighted by Crippen LogP contribution is -2.44. The summed E-state index contributed by atoms with van der Waals surface area (Å²) in [5, 5.41) is 5.94. The van der Waals surface area contributed by atoms with Gasteiger partial charge in [0.2, 0.25) is 10.0 Å². The second-order valence-corrected chi connectivity index (χ2v) is 9.77. The number of ether oxygens (including phenoxy) is 1. The molecule has 3 rings (SSSR count). The van der Waals surface area contributed by atoms with Gasteiger partial charge in [-0.3, -0.25) is 0 Å². The van der Waals surface area contributed by atoms with Crippen LogP contribution in [0, 0.1) is 6.92 Å². The SMILES string of the molecule is CNS(=O)(=O)c1ccc(OC(C)(C)C(F)(F)F)c(Nc2cc(Nc3ccc(C)cc3)ncn2)c1. The van der Waals surface area contributed by atoms with Crippen LogP contribution in [0.2, 0.25) is 0 Å². The van der Waals surface area contributed by atoms with Crippen molar-refractivity contribution in [3.63, 3.8) is 0 Å². The van der Waals surface area contributed by atoms with Gasteiger partial charge in [-0.05, 0) is 58.2 Å². The molecule has 12 heteroatoms. The van der Waals surface area contributed by atoms with Crippen molar-refractivity contribution in [3.8, 4) is 5.75 Å². The van der Waals surface area contributed by atoms with E-state index in [2.05, 4.69) is 25.3 Å². The number of aromatic nitrogens is 2. The molecule has 0 spiro atoms. The highest BCUT2D eigenvalue weighted by Crippen LogP contribution is 2.38. The quantitative estimate of drug-likeness (QED) is 0.408. The molecular formula is C22H24F3N5O3S. The summed E-state index contributed by atoms with van der Waals surface area (Å²) in [5.41, 5.74) is -0.695. The van der Waals surface area contributed by atoms with E-state index in [4.69, 9.17) is 4.74 Å². The molecule has 1 aromatic heterocycles. The van der Waals surface area contributed by atoms with Crippen molar-refractivity contribution >= 4 is 33.0 Å². The van der Waals surface area contributed by atoms with Crippen LogP contribution < -0.4 is 20.1 Å². The Morgan fingerprint density at radius 2 is 1.53 bits per heavy atom. The van der Waals surface area contributed by atoms with Crippen molar-refractivity contribution in [3.05, 3.63) is 60.4 Å². The Labute approximate surface area is 195 Å². The summed E-state index contributed by atoms with van der Waals surface area (Å²) in [6.45, 7) is 3.71. The maximum atomic E-state index is 13.4. The number of alkyl halides is 3. The average Bonchev–Trinajstić information content (AvgIpc) is 2.76. The molecule has 0 saturated carbocycles. The molecule has 3 N–H and O–H groups in total. The molecule has 0 amide bonds. The van der Waals surface area contributed by atoms with Gasteiger partial charge in [0, 0.05) is 11.8 Å². The second-order valence-electron chi connectivity index (χ2n) is 7.88. The number of halogens is 3. The van der Waals surface area contributed by atoms with Gasteiger partial charge in [0.05, 0.1) is 10.6 Å². The lowest BCUT2D eigenvalue weighted by atomic mass is 10.1. The Hall–Kier alpha value is -3.38. The first kappa shape index (κ1) is 25.2. The van der Waals surface area contributed by atoms with E-state index in [1.54, 1.807) is 0 Å². The Morgan fingerprint density at radius 3 is 2.12 bits per heavy atom. The zero-order chi connectivity index (χ0) is 25.1. The molecule has 0 saturated heterocycles. The van der Waals surface area contributed by atoms with Crippen LogP contribution in [0.5, 0.6) is 5.75 Å². The Bertz CT molecular complexity index is 1260. The molecule has 0 bridgehead atoms. The zero-order valence-electron chi connectivity index (χ0n) is 18.9. The van der Waals surface area contributed by atoms with E-state index in [0.717, 1.165) is 37.2 Å². The summed E-state index contributed by atoms with van der Waals surface area (Å²) in [5.74, 6) is 0.417. The summed E-state index contributed by atoms with van der Waals surface area (Å²) >= 11 is 0. The molecule has 34 heavy (non-hydrogen) atoms. The van der Waals surface area contributed by atoms with Crippen LogP contribution in [0.1, 0.15) is 19.4 Å². The number of hydrogen-bond acceptors (Lipinski definition) is 7. The van der Waals surface area contributed by atoms with Crippen LogP contribution in [0.4, 0.5) is 36.2 Å². The molecule has 0 aliphatic carbocycles. The van der Waals surface area contributed by atoms with Gasteiger partial charge in [-0.25, -0.2) is 23.1 Å². The number of hydrogen-bond donors (Lipinski definition) is 3. The monoisotopic (exact) mass is 495 g/mol. The molecule has 8 nitrogen and oxygen atoms in total. The maximum Gasteiger partial charge on any atom is 0.427 e. The number of benzene rings is 2. The third-order valence-corrected chi connectivity index (χ3v) is 6.24. The van der Waals surface area contributed by atoms with Crippen molar-refractivity contribution in [2.75, 3.05) is 17.7 Å². The Morgan fingerprint density at radius 1 is 0.912 bits per heavy atom. The molecule has 0 aliphatic heterocycles. The van der Waals surface area contributed by atoms with Gasteiger partial charge < -0.3 is 15.4 Å². The molecule has 0 unspecified atom stereocenters. The summed E-state index contributed by atoms with van der Waals surface area (Å²) in [4.78, 5) is 8.05. The smallest absolute Gasteiger partial charge is 0.427 e. The number of rotatable bonds is 8. The highest BCUT2D eigenvalue weighted by Gasteiger charge is 2.50. The molecule has 0 atom stereocenters. The third-order valence-electron chi connectivity index (χ3n) is 4.83. The van der Waals surface area contributed by atoms with Crippen molar-refractivity contribution in [1.29, 1.82) is 0 Å². The van der Waals surface area contributed by atoms with Gasteiger partial charge >= 0.3 is 6.18 Å².